The van der Waals surface area contributed by atoms with Crippen molar-refractivity contribution >= 4 is 11.9 Å². The van der Waals surface area contributed by atoms with Crippen molar-refractivity contribution in [2.45, 2.75) is 39.0 Å². The van der Waals surface area contributed by atoms with E-state index in [0.717, 1.165) is 12.0 Å². The van der Waals surface area contributed by atoms with Gasteiger partial charge in [0.1, 0.15) is 0 Å². The molecule has 0 bridgehead atoms. The zero-order valence-corrected chi connectivity index (χ0v) is 12.1. The van der Waals surface area contributed by atoms with Gasteiger partial charge in [0.2, 0.25) is 5.91 Å². The predicted molar refractivity (Wildman–Crippen MR) is 78.5 cm³/mol. The molecule has 0 aliphatic rings. The van der Waals surface area contributed by atoms with Crippen LogP contribution >= 0.6 is 0 Å². The number of benzene rings is 1. The maximum Gasteiger partial charge on any atom is 0.308 e. The Morgan fingerprint density at radius 3 is 2.35 bits per heavy atom. The van der Waals surface area contributed by atoms with Gasteiger partial charge in [0.15, 0.2) is 0 Å². The highest BCUT2D eigenvalue weighted by atomic mass is 16.4. The molecule has 1 rings (SSSR count). The third-order valence-corrected chi connectivity index (χ3v) is 3.44. The average Bonchev–Trinajstić information content (AvgIpc) is 2.45. The fraction of sp³-hybridized carbons (Fsp3) is 0.500. The number of carbonyl (C=O) groups is 2. The van der Waals surface area contributed by atoms with Crippen molar-refractivity contribution < 1.29 is 14.7 Å². The quantitative estimate of drug-likeness (QED) is 0.768. The second kappa shape index (κ2) is 8.35. The van der Waals surface area contributed by atoms with Crippen molar-refractivity contribution in [2.75, 3.05) is 6.54 Å². The van der Waals surface area contributed by atoms with E-state index in [0.29, 0.717) is 12.8 Å². The van der Waals surface area contributed by atoms with Gasteiger partial charge in [0.05, 0.1) is 11.8 Å². The summed E-state index contributed by atoms with van der Waals surface area (Å²) in [6, 6.07) is 9.57. The molecule has 0 aromatic heterocycles. The SMILES string of the molecule is CCCC(CNC(=O)C(CC)c1ccccc1)C(=O)O. The molecule has 1 aromatic carbocycles. The van der Waals surface area contributed by atoms with Gasteiger partial charge in [-0.15, -0.1) is 0 Å². The molecule has 0 saturated carbocycles. The minimum absolute atomic E-state index is 0.0962. The predicted octanol–water partition coefficient (Wildman–Crippen LogP) is 2.80. The Bertz CT molecular complexity index is 431. The highest BCUT2D eigenvalue weighted by Crippen LogP contribution is 2.19. The van der Waals surface area contributed by atoms with Gasteiger partial charge in [-0.2, -0.15) is 0 Å². The third-order valence-electron chi connectivity index (χ3n) is 3.44. The van der Waals surface area contributed by atoms with Gasteiger partial charge in [-0.1, -0.05) is 50.6 Å². The molecule has 1 aromatic rings. The lowest BCUT2D eigenvalue weighted by molar-refractivity contribution is -0.142. The number of nitrogens with one attached hydrogen (secondary N) is 1. The number of aliphatic carboxylic acids is 1. The molecule has 0 aliphatic carbocycles. The first-order chi connectivity index (χ1) is 9.60. The minimum Gasteiger partial charge on any atom is -0.481 e. The van der Waals surface area contributed by atoms with E-state index >= 15 is 0 Å². The highest BCUT2D eigenvalue weighted by molar-refractivity contribution is 5.84. The number of amides is 1. The fourth-order valence-electron chi connectivity index (χ4n) is 2.27. The van der Waals surface area contributed by atoms with Gasteiger partial charge in [0.25, 0.3) is 0 Å². The van der Waals surface area contributed by atoms with Crippen LogP contribution in [0.5, 0.6) is 0 Å². The molecule has 4 heteroatoms. The number of hydrogen-bond acceptors (Lipinski definition) is 2. The first-order valence-corrected chi connectivity index (χ1v) is 7.15. The van der Waals surface area contributed by atoms with Gasteiger partial charge >= 0.3 is 5.97 Å². The molecular weight excluding hydrogens is 254 g/mol. The second-order valence-electron chi connectivity index (χ2n) is 4.94. The Hall–Kier alpha value is -1.84. The van der Waals surface area contributed by atoms with Crippen molar-refractivity contribution in [1.29, 1.82) is 0 Å². The summed E-state index contributed by atoms with van der Waals surface area (Å²) in [6.07, 6.45) is 2.07. The smallest absolute Gasteiger partial charge is 0.308 e. The van der Waals surface area contributed by atoms with E-state index in [1.54, 1.807) is 0 Å². The van der Waals surface area contributed by atoms with E-state index in [2.05, 4.69) is 5.32 Å². The molecule has 0 radical (unpaired) electrons. The van der Waals surface area contributed by atoms with Crippen LogP contribution in [0.4, 0.5) is 0 Å². The summed E-state index contributed by atoms with van der Waals surface area (Å²) >= 11 is 0. The van der Waals surface area contributed by atoms with Gasteiger partial charge in [-0.25, -0.2) is 0 Å². The Kier molecular flexibility index (Phi) is 6.77. The lowest BCUT2D eigenvalue weighted by atomic mass is 9.95. The van der Waals surface area contributed by atoms with Crippen LogP contribution in [-0.2, 0) is 9.59 Å². The molecule has 0 fully saturated rings. The van der Waals surface area contributed by atoms with E-state index in [9.17, 15) is 9.59 Å². The maximum absolute atomic E-state index is 12.2. The third kappa shape index (κ3) is 4.68. The normalized spacial score (nSPS) is 13.5. The Balaban J connectivity index is 2.62. The van der Waals surface area contributed by atoms with Gasteiger partial charge in [-0.05, 0) is 18.4 Å². The molecule has 2 unspecified atom stereocenters. The summed E-state index contributed by atoms with van der Waals surface area (Å²) in [6.45, 7) is 4.10. The number of carboxylic acid groups (broad SMARTS) is 1. The molecule has 2 atom stereocenters. The standard InChI is InChI=1S/C16H23NO3/c1-3-8-13(16(19)20)11-17-15(18)14(4-2)12-9-6-5-7-10-12/h5-7,9-10,13-14H,3-4,8,11H2,1-2H3,(H,17,18)(H,19,20). The lowest BCUT2D eigenvalue weighted by Gasteiger charge is -2.17. The van der Waals surface area contributed by atoms with E-state index in [1.807, 2.05) is 44.2 Å². The van der Waals surface area contributed by atoms with Gasteiger partial charge in [-0.3, -0.25) is 9.59 Å². The molecule has 20 heavy (non-hydrogen) atoms. The fourth-order valence-corrected chi connectivity index (χ4v) is 2.27. The molecule has 0 heterocycles. The molecule has 4 nitrogen and oxygen atoms in total. The zero-order chi connectivity index (χ0) is 15.0. The first-order valence-electron chi connectivity index (χ1n) is 7.15. The van der Waals surface area contributed by atoms with Crippen molar-refractivity contribution in [3.05, 3.63) is 35.9 Å². The van der Waals surface area contributed by atoms with Gasteiger partial charge in [0, 0.05) is 6.54 Å². The average molecular weight is 277 g/mol. The largest absolute Gasteiger partial charge is 0.481 e. The maximum atomic E-state index is 12.2. The number of carboxylic acids is 1. The van der Waals surface area contributed by atoms with Crippen molar-refractivity contribution in [2.24, 2.45) is 5.92 Å². The number of hydrogen-bond donors (Lipinski definition) is 2. The Morgan fingerprint density at radius 1 is 1.20 bits per heavy atom. The van der Waals surface area contributed by atoms with Crippen LogP contribution in [0, 0.1) is 5.92 Å². The summed E-state index contributed by atoms with van der Waals surface area (Å²) < 4.78 is 0. The monoisotopic (exact) mass is 277 g/mol. The van der Waals surface area contributed by atoms with Crippen LogP contribution in [0.1, 0.15) is 44.6 Å². The molecule has 1 amide bonds. The Labute approximate surface area is 120 Å². The van der Waals surface area contributed by atoms with E-state index in [1.165, 1.54) is 0 Å². The molecular formula is C16H23NO3. The van der Waals surface area contributed by atoms with Crippen LogP contribution < -0.4 is 5.32 Å². The van der Waals surface area contributed by atoms with Crippen LogP contribution in [0.25, 0.3) is 0 Å². The van der Waals surface area contributed by atoms with Crippen LogP contribution in [0.3, 0.4) is 0 Å². The molecule has 2 N–H and O–H groups in total. The second-order valence-corrected chi connectivity index (χ2v) is 4.94. The molecule has 0 aliphatic heterocycles. The summed E-state index contributed by atoms with van der Waals surface area (Å²) in [4.78, 5) is 23.3. The number of carbonyl (C=O) groups excluding carboxylic acids is 1. The van der Waals surface area contributed by atoms with E-state index in [-0.39, 0.29) is 18.4 Å². The Morgan fingerprint density at radius 2 is 1.85 bits per heavy atom. The van der Waals surface area contributed by atoms with Crippen LogP contribution in [-0.4, -0.2) is 23.5 Å². The van der Waals surface area contributed by atoms with E-state index < -0.39 is 11.9 Å². The summed E-state index contributed by atoms with van der Waals surface area (Å²) in [7, 11) is 0. The molecule has 0 spiro atoms. The highest BCUT2D eigenvalue weighted by Gasteiger charge is 2.21. The topological polar surface area (TPSA) is 66.4 Å². The molecule has 0 saturated heterocycles. The minimum atomic E-state index is -0.847. The van der Waals surface area contributed by atoms with Gasteiger partial charge < -0.3 is 10.4 Å². The summed E-state index contributed by atoms with van der Waals surface area (Å²) in [5.74, 6) is -1.66. The van der Waals surface area contributed by atoms with Crippen LogP contribution in [0.15, 0.2) is 30.3 Å². The summed E-state index contributed by atoms with van der Waals surface area (Å²) in [5, 5.41) is 11.9. The van der Waals surface area contributed by atoms with Crippen LogP contribution in [0.2, 0.25) is 0 Å². The molecule has 110 valence electrons. The first kappa shape index (κ1) is 16.2. The lowest BCUT2D eigenvalue weighted by Crippen LogP contribution is -2.35. The van der Waals surface area contributed by atoms with Crippen molar-refractivity contribution in [3.63, 3.8) is 0 Å². The zero-order valence-electron chi connectivity index (χ0n) is 12.1. The van der Waals surface area contributed by atoms with E-state index in [4.69, 9.17) is 5.11 Å². The van der Waals surface area contributed by atoms with Crippen molar-refractivity contribution in [1.82, 2.24) is 5.32 Å². The number of rotatable bonds is 8. The van der Waals surface area contributed by atoms with Crippen molar-refractivity contribution in [3.8, 4) is 0 Å². The summed E-state index contributed by atoms with van der Waals surface area (Å²) in [5.41, 5.74) is 0.967.